The Morgan fingerprint density at radius 2 is 1.76 bits per heavy atom. The van der Waals surface area contributed by atoms with Crippen LogP contribution < -0.4 is 5.32 Å². The summed E-state index contributed by atoms with van der Waals surface area (Å²) < 4.78 is 13.4. The molecule has 37 heavy (non-hydrogen) atoms. The Balaban J connectivity index is 1.27. The summed E-state index contributed by atoms with van der Waals surface area (Å²) in [5.74, 6) is 0.573. The van der Waals surface area contributed by atoms with E-state index in [2.05, 4.69) is 35.5 Å². The zero-order chi connectivity index (χ0) is 24.9. The number of hydrogen-bond donors (Lipinski definition) is 4. The van der Waals surface area contributed by atoms with Crippen molar-refractivity contribution in [1.29, 1.82) is 0 Å². The molecule has 1 unspecified atom stereocenters. The second kappa shape index (κ2) is 8.45. The molecule has 1 aliphatic rings. The molecule has 0 radical (unpaired) electrons. The fourth-order valence-corrected chi connectivity index (χ4v) is 4.50. The Labute approximate surface area is 209 Å². The van der Waals surface area contributed by atoms with E-state index in [9.17, 15) is 9.50 Å². The lowest BCUT2D eigenvalue weighted by Crippen LogP contribution is -2.20. The molecule has 7 rings (SSSR count). The molecule has 9 nitrogen and oxygen atoms in total. The summed E-state index contributed by atoms with van der Waals surface area (Å²) in [7, 11) is 0. The summed E-state index contributed by atoms with van der Waals surface area (Å²) in [6.07, 6.45) is 10.2. The lowest BCUT2D eigenvalue weighted by atomic mass is 10.1. The number of aliphatic hydroxyl groups excluding tert-OH is 1. The van der Waals surface area contributed by atoms with Gasteiger partial charge in [0.05, 0.1) is 34.5 Å². The van der Waals surface area contributed by atoms with Gasteiger partial charge in [-0.2, -0.15) is 5.10 Å². The van der Waals surface area contributed by atoms with E-state index < -0.39 is 6.23 Å². The fourth-order valence-electron chi connectivity index (χ4n) is 4.50. The van der Waals surface area contributed by atoms with Gasteiger partial charge in [0.25, 0.3) is 0 Å². The first-order valence-corrected chi connectivity index (χ1v) is 12.0. The Morgan fingerprint density at radius 3 is 2.59 bits per heavy atom. The number of pyridine rings is 3. The highest BCUT2D eigenvalue weighted by Gasteiger charge is 2.29. The van der Waals surface area contributed by atoms with Gasteiger partial charge in [-0.05, 0) is 42.7 Å². The minimum atomic E-state index is -0.569. The molecule has 10 heteroatoms. The third-order valence-corrected chi connectivity index (χ3v) is 6.64. The van der Waals surface area contributed by atoms with Crippen molar-refractivity contribution in [3.63, 3.8) is 0 Å². The molecule has 0 amide bonds. The lowest BCUT2D eigenvalue weighted by molar-refractivity contribution is 0.180. The SMILES string of the molecule is OC(Nc1cncc(-c2cnc3[nH]nc(-c4nc5c(-c6ccc(F)cc6)cncc5[nH]4)c3c2)c1)C1CC1. The molecule has 1 fully saturated rings. The molecule has 0 aliphatic heterocycles. The summed E-state index contributed by atoms with van der Waals surface area (Å²) in [6, 6.07) is 10.2. The molecular formula is C27H21FN8O. The second-order valence-electron chi connectivity index (χ2n) is 9.26. The van der Waals surface area contributed by atoms with Gasteiger partial charge in [0.1, 0.15) is 17.7 Å². The number of rotatable bonds is 6. The average molecular weight is 493 g/mol. The van der Waals surface area contributed by atoms with Crippen LogP contribution in [0.4, 0.5) is 10.1 Å². The Bertz CT molecular complexity index is 1760. The number of aliphatic hydroxyl groups is 1. The highest BCUT2D eigenvalue weighted by atomic mass is 19.1. The Hall–Kier alpha value is -4.70. The van der Waals surface area contributed by atoms with Crippen molar-refractivity contribution in [2.24, 2.45) is 5.92 Å². The van der Waals surface area contributed by atoms with Crippen LogP contribution in [0.25, 0.3) is 55.8 Å². The molecule has 182 valence electrons. The highest BCUT2D eigenvalue weighted by molar-refractivity contribution is 5.96. The van der Waals surface area contributed by atoms with Gasteiger partial charge in [0.15, 0.2) is 11.5 Å². The minimum absolute atomic E-state index is 0.298. The summed E-state index contributed by atoms with van der Waals surface area (Å²) in [5.41, 5.74) is 6.80. The van der Waals surface area contributed by atoms with Crippen molar-refractivity contribution < 1.29 is 9.50 Å². The highest BCUT2D eigenvalue weighted by Crippen LogP contribution is 2.34. The maximum Gasteiger partial charge on any atom is 0.159 e. The van der Waals surface area contributed by atoms with Gasteiger partial charge in [0, 0.05) is 41.2 Å². The molecule has 0 spiro atoms. The number of imidazole rings is 1. The average Bonchev–Trinajstić information content (AvgIpc) is 3.55. The van der Waals surface area contributed by atoms with E-state index in [0.29, 0.717) is 28.6 Å². The van der Waals surface area contributed by atoms with Gasteiger partial charge >= 0.3 is 0 Å². The number of benzene rings is 1. The van der Waals surface area contributed by atoms with Crippen LogP contribution >= 0.6 is 0 Å². The molecular weight excluding hydrogens is 471 g/mol. The number of hydrogen-bond acceptors (Lipinski definition) is 7. The molecule has 1 saturated carbocycles. The molecule has 1 atom stereocenters. The predicted molar refractivity (Wildman–Crippen MR) is 138 cm³/mol. The number of nitrogens with one attached hydrogen (secondary N) is 3. The lowest BCUT2D eigenvalue weighted by Gasteiger charge is -2.13. The maximum absolute atomic E-state index is 13.4. The molecule has 6 aromatic rings. The van der Waals surface area contributed by atoms with Gasteiger partial charge in [-0.15, -0.1) is 0 Å². The first-order valence-electron chi connectivity index (χ1n) is 12.0. The molecule has 5 heterocycles. The summed E-state index contributed by atoms with van der Waals surface area (Å²) in [4.78, 5) is 21.4. The van der Waals surface area contributed by atoms with Crippen LogP contribution in [-0.2, 0) is 0 Å². The Morgan fingerprint density at radius 1 is 0.946 bits per heavy atom. The third kappa shape index (κ3) is 3.97. The molecule has 0 bridgehead atoms. The van der Waals surface area contributed by atoms with Crippen LogP contribution in [0.3, 0.4) is 0 Å². The van der Waals surface area contributed by atoms with Crippen LogP contribution in [0, 0.1) is 11.7 Å². The number of fused-ring (bicyclic) bond motifs is 2. The summed E-state index contributed by atoms with van der Waals surface area (Å²) in [6.45, 7) is 0. The van der Waals surface area contributed by atoms with E-state index in [4.69, 9.17) is 4.98 Å². The van der Waals surface area contributed by atoms with Crippen molar-refractivity contribution >= 4 is 27.8 Å². The third-order valence-electron chi connectivity index (χ3n) is 6.64. The van der Waals surface area contributed by atoms with Gasteiger partial charge in [0.2, 0.25) is 0 Å². The van der Waals surface area contributed by atoms with Gasteiger partial charge in [-0.3, -0.25) is 15.1 Å². The van der Waals surface area contributed by atoms with Crippen molar-refractivity contribution in [3.05, 3.63) is 73.2 Å². The van der Waals surface area contributed by atoms with E-state index in [1.807, 2.05) is 12.1 Å². The number of halogens is 1. The van der Waals surface area contributed by atoms with Crippen LogP contribution in [0.2, 0.25) is 0 Å². The largest absolute Gasteiger partial charge is 0.374 e. The topological polar surface area (TPSA) is 128 Å². The molecule has 4 N–H and O–H groups in total. The van der Waals surface area contributed by atoms with Crippen molar-refractivity contribution in [2.45, 2.75) is 19.1 Å². The smallest absolute Gasteiger partial charge is 0.159 e. The number of aromatic nitrogens is 7. The van der Waals surface area contributed by atoms with E-state index in [1.165, 1.54) is 12.1 Å². The van der Waals surface area contributed by atoms with E-state index in [0.717, 1.165) is 51.7 Å². The quantitative estimate of drug-likeness (QED) is 0.243. The van der Waals surface area contributed by atoms with Crippen molar-refractivity contribution in [3.8, 4) is 33.8 Å². The summed E-state index contributed by atoms with van der Waals surface area (Å²) in [5, 5.41) is 21.6. The van der Waals surface area contributed by atoms with Crippen LogP contribution in [0.5, 0.6) is 0 Å². The molecule has 5 aromatic heterocycles. The number of H-pyrrole nitrogens is 2. The molecule has 1 aromatic carbocycles. The fraction of sp³-hybridized carbons (Fsp3) is 0.148. The Kier molecular flexibility index (Phi) is 4.93. The second-order valence-corrected chi connectivity index (χ2v) is 9.26. The molecule has 0 saturated heterocycles. The normalized spacial score (nSPS) is 14.3. The monoisotopic (exact) mass is 492 g/mol. The first kappa shape index (κ1) is 21.6. The number of aromatic amines is 2. The van der Waals surface area contributed by atoms with Crippen molar-refractivity contribution in [1.82, 2.24) is 35.1 Å². The van der Waals surface area contributed by atoms with Gasteiger partial charge in [-0.25, -0.2) is 14.4 Å². The van der Waals surface area contributed by atoms with Crippen LogP contribution in [0.15, 0.2) is 67.4 Å². The number of nitrogens with zero attached hydrogens (tertiary/aromatic N) is 5. The summed E-state index contributed by atoms with van der Waals surface area (Å²) >= 11 is 0. The van der Waals surface area contributed by atoms with Gasteiger partial charge < -0.3 is 15.4 Å². The standard InChI is InChI=1S/C27H21FN8O/c28-18-5-3-14(4-6-18)21-12-30-13-22-23(21)34-26(33-22)24-20-8-17(10-31-25(20)36-35-24)16-7-19(11-29-9-16)32-27(37)15-1-2-15/h3-13,15,27,32,37H,1-2H2,(H,33,34)(H,31,35,36). The van der Waals surface area contributed by atoms with Crippen molar-refractivity contribution in [2.75, 3.05) is 5.32 Å². The predicted octanol–water partition coefficient (Wildman–Crippen LogP) is 4.90. The zero-order valence-corrected chi connectivity index (χ0v) is 19.5. The number of anilines is 1. The van der Waals surface area contributed by atoms with E-state index in [1.54, 1.807) is 43.1 Å². The van der Waals surface area contributed by atoms with E-state index in [-0.39, 0.29) is 5.82 Å². The van der Waals surface area contributed by atoms with Gasteiger partial charge in [-0.1, -0.05) is 12.1 Å². The van der Waals surface area contributed by atoms with E-state index >= 15 is 0 Å². The molecule has 1 aliphatic carbocycles. The maximum atomic E-state index is 13.4. The minimum Gasteiger partial charge on any atom is -0.374 e. The first-order chi connectivity index (χ1) is 18.1. The zero-order valence-electron chi connectivity index (χ0n) is 19.5. The van der Waals surface area contributed by atoms with Crippen LogP contribution in [-0.4, -0.2) is 46.5 Å². The van der Waals surface area contributed by atoms with Crippen LogP contribution in [0.1, 0.15) is 12.8 Å².